The van der Waals surface area contributed by atoms with Crippen LogP contribution in [0.5, 0.6) is 5.75 Å². The minimum atomic E-state index is -0.304. The Hall–Kier alpha value is -3.39. The average Bonchev–Trinajstić information content (AvgIpc) is 3.26. The van der Waals surface area contributed by atoms with Gasteiger partial charge in [-0.05, 0) is 57.1 Å². The normalized spacial score (nSPS) is 15.0. The second-order valence-electron chi connectivity index (χ2n) is 9.59. The Bertz CT molecular complexity index is 1220. The minimum absolute atomic E-state index is 0.000814. The maximum Gasteiger partial charge on any atom is 0.258 e. The number of hydrogen-bond acceptors (Lipinski definition) is 5. The fourth-order valence-electron chi connectivity index (χ4n) is 4.92. The molecular formula is C29H38FN5O2. The van der Waals surface area contributed by atoms with Gasteiger partial charge in [0.25, 0.3) is 5.91 Å². The molecule has 0 unspecified atom stereocenters. The van der Waals surface area contributed by atoms with Gasteiger partial charge in [-0.1, -0.05) is 32.0 Å². The van der Waals surface area contributed by atoms with Crippen molar-refractivity contribution in [2.75, 3.05) is 44.7 Å². The molecule has 1 aliphatic rings. The molecule has 1 saturated heterocycles. The molecule has 2 heterocycles. The molecule has 0 saturated carbocycles. The van der Waals surface area contributed by atoms with Crippen LogP contribution >= 0.6 is 0 Å². The summed E-state index contributed by atoms with van der Waals surface area (Å²) in [7, 11) is 1.58. The number of likely N-dealkylation sites (N-methyl/N-ethyl adjacent to an activating group) is 1. The lowest BCUT2D eigenvalue weighted by molar-refractivity contribution is 0.0668. The highest BCUT2D eigenvalue weighted by Crippen LogP contribution is 2.32. The molecule has 0 bridgehead atoms. The highest BCUT2D eigenvalue weighted by Gasteiger charge is 2.30. The van der Waals surface area contributed by atoms with Gasteiger partial charge in [0.2, 0.25) is 0 Å². The molecule has 1 amide bonds. The predicted molar refractivity (Wildman–Crippen MR) is 145 cm³/mol. The number of aromatic nitrogens is 2. The van der Waals surface area contributed by atoms with Gasteiger partial charge in [0.05, 0.1) is 30.6 Å². The van der Waals surface area contributed by atoms with Crippen molar-refractivity contribution in [1.29, 1.82) is 0 Å². The van der Waals surface area contributed by atoms with Crippen LogP contribution in [0, 0.1) is 12.7 Å². The molecule has 2 aromatic carbocycles. The fourth-order valence-corrected chi connectivity index (χ4v) is 4.92. The van der Waals surface area contributed by atoms with Crippen molar-refractivity contribution < 1.29 is 13.9 Å². The van der Waals surface area contributed by atoms with Crippen LogP contribution in [0.1, 0.15) is 48.8 Å². The van der Waals surface area contributed by atoms with E-state index in [0.29, 0.717) is 23.5 Å². The van der Waals surface area contributed by atoms with E-state index in [1.54, 1.807) is 13.2 Å². The number of piperazine rings is 1. The van der Waals surface area contributed by atoms with Crippen LogP contribution < -0.4 is 9.64 Å². The topological polar surface area (TPSA) is 53.8 Å². The number of carbonyl (C=O) groups is 1. The molecule has 3 aromatic rings. The van der Waals surface area contributed by atoms with Gasteiger partial charge in [0, 0.05) is 37.8 Å². The SMILES string of the molecule is CC[C@H](C)N(Cc1c(C)nn(-c2cccc(F)c2)c1N1CCN(CC)CC1)C(=O)c1ccccc1OC. The number of ether oxygens (including phenoxy) is 1. The van der Waals surface area contributed by atoms with Gasteiger partial charge in [0.1, 0.15) is 17.4 Å². The van der Waals surface area contributed by atoms with Crippen LogP contribution in [0.4, 0.5) is 10.2 Å². The first-order valence-electron chi connectivity index (χ1n) is 13.1. The molecular weight excluding hydrogens is 469 g/mol. The molecule has 0 aliphatic carbocycles. The van der Waals surface area contributed by atoms with Crippen molar-refractivity contribution in [3.63, 3.8) is 0 Å². The zero-order valence-corrected chi connectivity index (χ0v) is 22.6. The van der Waals surface area contributed by atoms with Crippen LogP contribution in [-0.2, 0) is 6.54 Å². The molecule has 0 radical (unpaired) electrons. The standard InChI is InChI=1S/C29H38FN5O2/c1-6-21(3)34(29(36)25-13-8-9-14-27(25)37-5)20-26-22(4)31-35(24-12-10-11-23(30)19-24)28(26)33-17-15-32(7-2)16-18-33/h8-14,19,21H,6-7,15-18,20H2,1-5H3/t21-/m0/s1. The molecule has 1 fully saturated rings. The second-order valence-corrected chi connectivity index (χ2v) is 9.59. The maximum atomic E-state index is 14.2. The predicted octanol–water partition coefficient (Wildman–Crippen LogP) is 4.91. The van der Waals surface area contributed by atoms with Crippen molar-refractivity contribution in [3.8, 4) is 11.4 Å². The Labute approximate surface area is 219 Å². The number of aryl methyl sites for hydroxylation is 1. The van der Waals surface area contributed by atoms with Crippen LogP contribution in [0.3, 0.4) is 0 Å². The Morgan fingerprint density at radius 1 is 1.11 bits per heavy atom. The van der Waals surface area contributed by atoms with Gasteiger partial charge in [-0.15, -0.1) is 0 Å². The first kappa shape index (κ1) is 26.7. The maximum absolute atomic E-state index is 14.2. The fraction of sp³-hybridized carbons (Fsp3) is 0.448. The number of nitrogens with zero attached hydrogens (tertiary/aromatic N) is 5. The Morgan fingerprint density at radius 3 is 2.49 bits per heavy atom. The molecule has 1 aliphatic heterocycles. The number of amides is 1. The van der Waals surface area contributed by atoms with E-state index in [4.69, 9.17) is 9.84 Å². The monoisotopic (exact) mass is 507 g/mol. The summed E-state index contributed by atoms with van der Waals surface area (Å²) in [6.45, 7) is 13.3. The van der Waals surface area contributed by atoms with Crippen molar-refractivity contribution in [2.24, 2.45) is 0 Å². The van der Waals surface area contributed by atoms with Crippen LogP contribution in [0.2, 0.25) is 0 Å². The Balaban J connectivity index is 1.79. The number of anilines is 1. The highest BCUT2D eigenvalue weighted by molar-refractivity contribution is 5.97. The van der Waals surface area contributed by atoms with Crippen molar-refractivity contribution in [3.05, 3.63) is 71.2 Å². The number of para-hydroxylation sites is 1. The molecule has 4 rings (SSSR count). The van der Waals surface area contributed by atoms with E-state index < -0.39 is 0 Å². The average molecular weight is 508 g/mol. The van der Waals surface area contributed by atoms with E-state index in [0.717, 1.165) is 56.2 Å². The third-order valence-electron chi connectivity index (χ3n) is 7.38. The molecule has 7 nitrogen and oxygen atoms in total. The lowest BCUT2D eigenvalue weighted by Crippen LogP contribution is -2.47. The first-order valence-corrected chi connectivity index (χ1v) is 13.1. The number of halogens is 1. The van der Waals surface area contributed by atoms with Gasteiger partial charge >= 0.3 is 0 Å². The lowest BCUT2D eigenvalue weighted by atomic mass is 10.1. The molecule has 0 spiro atoms. The number of hydrogen-bond donors (Lipinski definition) is 0. The van der Waals surface area contributed by atoms with E-state index in [9.17, 15) is 9.18 Å². The van der Waals surface area contributed by atoms with Gasteiger partial charge in [0.15, 0.2) is 0 Å². The number of methoxy groups -OCH3 is 1. The zero-order chi connectivity index (χ0) is 26.5. The van der Waals surface area contributed by atoms with E-state index in [2.05, 4.69) is 30.6 Å². The first-order chi connectivity index (χ1) is 17.9. The molecule has 1 aromatic heterocycles. The quantitative estimate of drug-likeness (QED) is 0.412. The minimum Gasteiger partial charge on any atom is -0.496 e. The number of benzene rings is 2. The van der Waals surface area contributed by atoms with E-state index in [1.165, 1.54) is 12.1 Å². The summed E-state index contributed by atoms with van der Waals surface area (Å²) in [6.07, 6.45) is 0.808. The van der Waals surface area contributed by atoms with E-state index in [1.807, 2.05) is 46.8 Å². The van der Waals surface area contributed by atoms with Gasteiger partial charge in [-0.2, -0.15) is 5.10 Å². The van der Waals surface area contributed by atoms with E-state index >= 15 is 0 Å². The lowest BCUT2D eigenvalue weighted by Gasteiger charge is -2.37. The zero-order valence-electron chi connectivity index (χ0n) is 22.6. The molecule has 37 heavy (non-hydrogen) atoms. The van der Waals surface area contributed by atoms with Crippen molar-refractivity contribution >= 4 is 11.7 Å². The van der Waals surface area contributed by atoms with Crippen molar-refractivity contribution in [2.45, 2.75) is 46.7 Å². The summed E-state index contributed by atoms with van der Waals surface area (Å²) in [5, 5.41) is 4.87. The van der Waals surface area contributed by atoms with Gasteiger partial charge in [-0.25, -0.2) is 9.07 Å². The highest BCUT2D eigenvalue weighted by atomic mass is 19.1. The Kier molecular flexibility index (Phi) is 8.48. The smallest absolute Gasteiger partial charge is 0.258 e. The second kappa shape index (κ2) is 11.8. The summed E-state index contributed by atoms with van der Waals surface area (Å²) in [6, 6.07) is 13.9. The van der Waals surface area contributed by atoms with Crippen molar-refractivity contribution in [1.82, 2.24) is 19.6 Å². The van der Waals surface area contributed by atoms with E-state index in [-0.39, 0.29) is 17.8 Å². The Morgan fingerprint density at radius 2 is 1.84 bits per heavy atom. The third-order valence-corrected chi connectivity index (χ3v) is 7.38. The summed E-state index contributed by atoms with van der Waals surface area (Å²) in [4.78, 5) is 20.5. The summed E-state index contributed by atoms with van der Waals surface area (Å²) in [5.41, 5.74) is 3.03. The number of rotatable bonds is 9. The van der Waals surface area contributed by atoms with Gasteiger partial charge < -0.3 is 19.4 Å². The molecule has 1 atom stereocenters. The molecule has 198 valence electrons. The van der Waals surface area contributed by atoms with Crippen LogP contribution in [-0.4, -0.2) is 71.4 Å². The molecule has 8 heteroatoms. The molecule has 0 N–H and O–H groups in total. The third kappa shape index (κ3) is 5.64. The number of carbonyl (C=O) groups excluding carboxylic acids is 1. The summed E-state index contributed by atoms with van der Waals surface area (Å²) in [5.74, 6) is 1.11. The summed E-state index contributed by atoms with van der Waals surface area (Å²) < 4.78 is 21.6. The van der Waals surface area contributed by atoms with Crippen LogP contribution in [0.25, 0.3) is 5.69 Å². The summed E-state index contributed by atoms with van der Waals surface area (Å²) >= 11 is 0. The van der Waals surface area contributed by atoms with Crippen LogP contribution in [0.15, 0.2) is 48.5 Å². The van der Waals surface area contributed by atoms with Gasteiger partial charge in [-0.3, -0.25) is 4.79 Å². The largest absolute Gasteiger partial charge is 0.496 e.